The molecule has 1 atom stereocenters. The predicted molar refractivity (Wildman–Crippen MR) is 112 cm³/mol. The molecule has 0 spiro atoms. The molecule has 2 aromatic heterocycles. The second-order valence-electron chi connectivity index (χ2n) is 7.33. The second kappa shape index (κ2) is 7.93. The van der Waals surface area contributed by atoms with Gasteiger partial charge in [0.15, 0.2) is 11.6 Å². The van der Waals surface area contributed by atoms with Gasteiger partial charge in [0.25, 0.3) is 0 Å². The molecule has 7 nitrogen and oxygen atoms in total. The first-order valence-corrected chi connectivity index (χ1v) is 11.8. The van der Waals surface area contributed by atoms with Crippen molar-refractivity contribution in [3.63, 3.8) is 0 Å². The van der Waals surface area contributed by atoms with E-state index in [-0.39, 0.29) is 6.04 Å². The molecule has 1 aliphatic rings. The van der Waals surface area contributed by atoms with Crippen molar-refractivity contribution < 1.29 is 13.2 Å². The van der Waals surface area contributed by atoms with E-state index in [1.165, 1.54) is 6.26 Å². The summed E-state index contributed by atoms with van der Waals surface area (Å²) in [6.07, 6.45) is 6.61. The topological polar surface area (TPSA) is 76.8 Å². The minimum absolute atomic E-state index is 0.342. The van der Waals surface area contributed by atoms with E-state index < -0.39 is 10.0 Å². The number of nitrogens with zero attached hydrogens (tertiary/aromatic N) is 4. The van der Waals surface area contributed by atoms with Crippen molar-refractivity contribution in [2.45, 2.75) is 38.6 Å². The average Bonchev–Trinajstić information content (AvgIpc) is 2.94. The molecule has 0 N–H and O–H groups in total. The Labute approximate surface area is 175 Å². The summed E-state index contributed by atoms with van der Waals surface area (Å²) in [7, 11) is -3.36. The average molecular weight is 435 g/mol. The van der Waals surface area contributed by atoms with Gasteiger partial charge in [0.05, 0.1) is 12.3 Å². The van der Waals surface area contributed by atoms with Crippen LogP contribution in [0.5, 0.6) is 11.5 Å². The van der Waals surface area contributed by atoms with Crippen LogP contribution in [0.25, 0.3) is 5.65 Å². The SMILES string of the molecule is Cc1c(Cl)cccc1Oc1cccn2c([C@H]3CCCCCN3S(C)(=O)=O)nnc12. The molecule has 4 rings (SSSR count). The molecule has 1 aliphatic heterocycles. The summed E-state index contributed by atoms with van der Waals surface area (Å²) >= 11 is 6.20. The third-order valence-corrected chi connectivity index (χ3v) is 6.99. The lowest BCUT2D eigenvalue weighted by Crippen LogP contribution is -2.34. The van der Waals surface area contributed by atoms with E-state index in [4.69, 9.17) is 16.3 Å². The molecule has 9 heteroatoms. The molecule has 0 unspecified atom stereocenters. The summed E-state index contributed by atoms with van der Waals surface area (Å²) in [6.45, 7) is 2.39. The Morgan fingerprint density at radius 1 is 1.10 bits per heavy atom. The molecule has 0 aliphatic carbocycles. The van der Waals surface area contributed by atoms with E-state index >= 15 is 0 Å². The Bertz CT molecular complexity index is 1150. The number of hydrogen-bond donors (Lipinski definition) is 0. The van der Waals surface area contributed by atoms with Gasteiger partial charge >= 0.3 is 0 Å². The highest BCUT2D eigenvalue weighted by atomic mass is 35.5. The van der Waals surface area contributed by atoms with E-state index in [2.05, 4.69) is 10.2 Å². The lowest BCUT2D eigenvalue weighted by atomic mass is 10.1. The molecule has 1 aromatic carbocycles. The van der Waals surface area contributed by atoms with E-state index in [1.807, 2.05) is 47.9 Å². The van der Waals surface area contributed by atoms with Crippen molar-refractivity contribution in [3.05, 3.63) is 52.9 Å². The minimum Gasteiger partial charge on any atom is -0.453 e. The zero-order valence-electron chi connectivity index (χ0n) is 16.4. The molecule has 29 heavy (non-hydrogen) atoms. The molecule has 3 heterocycles. The van der Waals surface area contributed by atoms with Gasteiger partial charge in [-0.05, 0) is 44.0 Å². The van der Waals surface area contributed by atoms with Gasteiger partial charge in [0.1, 0.15) is 5.75 Å². The van der Waals surface area contributed by atoms with Crippen LogP contribution in [0, 0.1) is 6.92 Å². The van der Waals surface area contributed by atoms with E-state index in [9.17, 15) is 8.42 Å². The summed E-state index contributed by atoms with van der Waals surface area (Å²) in [4.78, 5) is 0. The highest BCUT2D eigenvalue weighted by molar-refractivity contribution is 7.88. The zero-order valence-corrected chi connectivity index (χ0v) is 17.9. The molecule has 1 saturated heterocycles. The van der Waals surface area contributed by atoms with Gasteiger partial charge in [-0.2, -0.15) is 4.31 Å². The highest BCUT2D eigenvalue weighted by Crippen LogP contribution is 2.34. The fourth-order valence-corrected chi connectivity index (χ4v) is 5.06. The van der Waals surface area contributed by atoms with Gasteiger partial charge in [0, 0.05) is 23.3 Å². The predicted octanol–water partition coefficient (Wildman–Crippen LogP) is 4.36. The van der Waals surface area contributed by atoms with E-state index in [1.54, 1.807) is 4.31 Å². The van der Waals surface area contributed by atoms with Crippen LogP contribution in [0.2, 0.25) is 5.02 Å². The van der Waals surface area contributed by atoms with Crippen LogP contribution in [-0.4, -0.2) is 40.1 Å². The molecule has 1 fully saturated rings. The summed E-state index contributed by atoms with van der Waals surface area (Å²) in [5.41, 5.74) is 1.38. The molecule has 0 radical (unpaired) electrons. The lowest BCUT2D eigenvalue weighted by molar-refractivity contribution is 0.317. The molecular weight excluding hydrogens is 412 g/mol. The summed E-state index contributed by atoms with van der Waals surface area (Å²) in [5.74, 6) is 1.79. The van der Waals surface area contributed by atoms with Crippen LogP contribution >= 0.6 is 11.6 Å². The van der Waals surface area contributed by atoms with Gasteiger partial charge in [-0.1, -0.05) is 30.5 Å². The first kappa shape index (κ1) is 20.1. The van der Waals surface area contributed by atoms with Crippen LogP contribution in [0.4, 0.5) is 0 Å². The van der Waals surface area contributed by atoms with Crippen molar-refractivity contribution in [1.82, 2.24) is 18.9 Å². The third-order valence-electron chi connectivity index (χ3n) is 5.29. The maximum Gasteiger partial charge on any atom is 0.211 e. The van der Waals surface area contributed by atoms with Crippen LogP contribution in [0.3, 0.4) is 0 Å². The zero-order chi connectivity index (χ0) is 20.6. The van der Waals surface area contributed by atoms with Crippen molar-refractivity contribution in [2.75, 3.05) is 12.8 Å². The summed E-state index contributed by atoms with van der Waals surface area (Å²) in [5, 5.41) is 9.31. The molecule has 0 bridgehead atoms. The monoisotopic (exact) mass is 434 g/mol. The molecular formula is C20H23ClN4O3S. The first-order chi connectivity index (χ1) is 13.9. The largest absolute Gasteiger partial charge is 0.453 e. The second-order valence-corrected chi connectivity index (χ2v) is 9.67. The van der Waals surface area contributed by atoms with Crippen molar-refractivity contribution in [1.29, 1.82) is 0 Å². The number of aromatic nitrogens is 3. The van der Waals surface area contributed by atoms with Gasteiger partial charge in [-0.3, -0.25) is 4.40 Å². The normalized spacial score (nSPS) is 18.7. The molecule has 0 saturated carbocycles. The molecule has 154 valence electrons. The standard InChI is InChI=1S/C20H23ClN4O3S/c1-14-15(21)8-6-10-17(14)28-18-11-7-12-24-19(22-23-20(18)24)16-9-4-3-5-13-25(16)29(2,26)27/h6-8,10-12,16H,3-5,9,13H2,1-2H3/t16-/m1/s1. The van der Waals surface area contributed by atoms with Crippen molar-refractivity contribution >= 4 is 27.3 Å². The van der Waals surface area contributed by atoms with Crippen molar-refractivity contribution in [2.24, 2.45) is 0 Å². The van der Waals surface area contributed by atoms with Crippen LogP contribution in [0.1, 0.15) is 43.1 Å². The van der Waals surface area contributed by atoms with Crippen molar-refractivity contribution in [3.8, 4) is 11.5 Å². The Kier molecular flexibility index (Phi) is 5.50. The lowest BCUT2D eigenvalue weighted by Gasteiger charge is -2.26. The van der Waals surface area contributed by atoms with Crippen LogP contribution in [0.15, 0.2) is 36.5 Å². The van der Waals surface area contributed by atoms with E-state index in [0.29, 0.717) is 41.0 Å². The molecule has 0 amide bonds. The van der Waals surface area contributed by atoms with Gasteiger partial charge in [0.2, 0.25) is 15.7 Å². The Morgan fingerprint density at radius 3 is 2.69 bits per heavy atom. The van der Waals surface area contributed by atoms with Gasteiger partial charge < -0.3 is 4.74 Å². The van der Waals surface area contributed by atoms with Crippen LogP contribution < -0.4 is 4.74 Å². The fraction of sp³-hybridized carbons (Fsp3) is 0.400. The Hall–Kier alpha value is -2.16. The maximum absolute atomic E-state index is 12.4. The number of fused-ring (bicyclic) bond motifs is 1. The number of benzene rings is 1. The van der Waals surface area contributed by atoms with E-state index in [0.717, 1.165) is 24.8 Å². The fourth-order valence-electron chi connectivity index (χ4n) is 3.77. The Balaban J connectivity index is 1.76. The maximum atomic E-state index is 12.4. The number of pyridine rings is 1. The number of hydrogen-bond acceptors (Lipinski definition) is 5. The van der Waals surface area contributed by atoms with Crippen LogP contribution in [-0.2, 0) is 10.0 Å². The highest BCUT2D eigenvalue weighted by Gasteiger charge is 2.32. The minimum atomic E-state index is -3.36. The smallest absolute Gasteiger partial charge is 0.211 e. The number of halogens is 1. The number of rotatable bonds is 4. The summed E-state index contributed by atoms with van der Waals surface area (Å²) < 4.78 is 34.2. The number of ether oxygens (including phenoxy) is 1. The summed E-state index contributed by atoms with van der Waals surface area (Å²) in [6, 6.07) is 8.80. The first-order valence-electron chi connectivity index (χ1n) is 9.59. The third kappa shape index (κ3) is 3.97. The number of sulfonamides is 1. The Morgan fingerprint density at radius 2 is 1.90 bits per heavy atom. The van der Waals surface area contributed by atoms with Gasteiger partial charge in [-0.25, -0.2) is 8.42 Å². The van der Waals surface area contributed by atoms with Gasteiger partial charge in [-0.15, -0.1) is 10.2 Å². The molecule has 3 aromatic rings. The quantitative estimate of drug-likeness (QED) is 0.609.